The predicted octanol–water partition coefficient (Wildman–Crippen LogP) is 3.69. The van der Waals surface area contributed by atoms with E-state index in [2.05, 4.69) is 20.0 Å². The summed E-state index contributed by atoms with van der Waals surface area (Å²) in [6, 6.07) is 2.63. The Morgan fingerprint density at radius 2 is 1.94 bits per heavy atom. The van der Waals surface area contributed by atoms with E-state index in [1.165, 1.54) is 31.4 Å². The van der Waals surface area contributed by atoms with Crippen molar-refractivity contribution in [2.24, 2.45) is 0 Å². The minimum Gasteiger partial charge on any atom is -0.463 e. The highest BCUT2D eigenvalue weighted by molar-refractivity contribution is 6.80. The Labute approximate surface area is 100 Å². The first-order valence-corrected chi connectivity index (χ1v) is 9.35. The van der Waals surface area contributed by atoms with Gasteiger partial charge in [0.2, 0.25) is 0 Å². The number of hydrogen-bond donors (Lipinski definition) is 0. The minimum absolute atomic E-state index is 0.192. The highest BCUT2D eigenvalue weighted by atomic mass is 28.3. The van der Waals surface area contributed by atoms with Gasteiger partial charge in [0.25, 0.3) is 0 Å². The number of carbonyl (C=O) groups is 1. The van der Waals surface area contributed by atoms with E-state index in [1.54, 1.807) is 6.92 Å². The molecule has 3 heteroatoms. The molecule has 0 N–H and O–H groups in total. The largest absolute Gasteiger partial charge is 0.463 e. The van der Waals surface area contributed by atoms with E-state index in [4.69, 9.17) is 4.74 Å². The van der Waals surface area contributed by atoms with E-state index in [9.17, 15) is 4.79 Å². The zero-order valence-corrected chi connectivity index (χ0v) is 11.8. The van der Waals surface area contributed by atoms with Crippen molar-refractivity contribution in [2.45, 2.75) is 63.9 Å². The van der Waals surface area contributed by atoms with Crippen molar-refractivity contribution in [1.82, 2.24) is 0 Å². The van der Waals surface area contributed by atoms with Gasteiger partial charge in [-0.1, -0.05) is 51.4 Å². The predicted molar refractivity (Wildman–Crippen MR) is 70.1 cm³/mol. The molecule has 0 aromatic heterocycles. The van der Waals surface area contributed by atoms with Gasteiger partial charge in [-0.25, -0.2) is 4.79 Å². The summed E-state index contributed by atoms with van der Waals surface area (Å²) in [4.78, 5) is 11.6. The molecular weight excluding hydrogens is 216 g/mol. The third kappa shape index (κ3) is 3.21. The van der Waals surface area contributed by atoms with Crippen LogP contribution in [-0.4, -0.2) is 19.8 Å². The molecule has 0 aliphatic carbocycles. The zero-order chi connectivity index (χ0) is 12.2. The molecule has 0 aromatic carbocycles. The van der Waals surface area contributed by atoms with Crippen LogP contribution < -0.4 is 0 Å². The first-order chi connectivity index (χ1) is 7.49. The van der Waals surface area contributed by atoms with Crippen LogP contribution in [0.3, 0.4) is 0 Å². The van der Waals surface area contributed by atoms with Crippen LogP contribution in [0.25, 0.3) is 0 Å². The topological polar surface area (TPSA) is 26.3 Å². The summed E-state index contributed by atoms with van der Waals surface area (Å²) in [6.07, 6.45) is 4.96. The molecule has 2 nitrogen and oxygen atoms in total. The Balaban J connectivity index is 2.65. The number of esters is 1. The van der Waals surface area contributed by atoms with Gasteiger partial charge < -0.3 is 4.74 Å². The maximum absolute atomic E-state index is 11.6. The Bertz CT molecular complexity index is 267. The molecule has 16 heavy (non-hydrogen) atoms. The molecule has 1 rings (SSSR count). The SMILES string of the molecule is C=C(C)C(=O)OC(CC)[Si]1(C)CCCCC1. The smallest absolute Gasteiger partial charge is 0.333 e. The van der Waals surface area contributed by atoms with Gasteiger partial charge in [0.15, 0.2) is 0 Å². The quantitative estimate of drug-likeness (QED) is 0.425. The Morgan fingerprint density at radius 3 is 2.38 bits per heavy atom. The number of hydrogen-bond acceptors (Lipinski definition) is 2. The number of carbonyl (C=O) groups excluding carboxylic acids is 1. The molecule has 1 heterocycles. The molecule has 1 aliphatic rings. The Morgan fingerprint density at radius 1 is 1.38 bits per heavy atom. The second kappa shape index (κ2) is 5.67. The molecule has 0 saturated carbocycles. The second-order valence-electron chi connectivity index (χ2n) is 5.30. The summed E-state index contributed by atoms with van der Waals surface area (Å²) in [6.45, 7) is 9.90. The van der Waals surface area contributed by atoms with Crippen LogP contribution >= 0.6 is 0 Å². The average Bonchev–Trinajstić information content (AvgIpc) is 2.26. The summed E-state index contributed by atoms with van der Waals surface area (Å²) in [5, 5.41) is 0. The van der Waals surface area contributed by atoms with Crippen molar-refractivity contribution in [3.8, 4) is 0 Å². The van der Waals surface area contributed by atoms with Crippen molar-refractivity contribution in [3.63, 3.8) is 0 Å². The Hall–Kier alpha value is -0.573. The van der Waals surface area contributed by atoms with Crippen LogP contribution in [0.4, 0.5) is 0 Å². The molecule has 0 bridgehead atoms. The molecule has 1 unspecified atom stereocenters. The molecular formula is C13H24O2Si. The van der Waals surface area contributed by atoms with Crippen LogP contribution in [0.5, 0.6) is 0 Å². The van der Waals surface area contributed by atoms with Crippen molar-refractivity contribution in [3.05, 3.63) is 12.2 Å². The summed E-state index contributed by atoms with van der Waals surface area (Å²) in [5.74, 6) is -0.203. The second-order valence-corrected chi connectivity index (χ2v) is 10.2. The van der Waals surface area contributed by atoms with Gasteiger partial charge in [-0.05, 0) is 13.3 Å². The van der Waals surface area contributed by atoms with Gasteiger partial charge in [-0.2, -0.15) is 0 Å². The van der Waals surface area contributed by atoms with Gasteiger partial charge in [0, 0.05) is 5.57 Å². The van der Waals surface area contributed by atoms with E-state index in [0.29, 0.717) is 5.57 Å². The minimum atomic E-state index is -1.36. The van der Waals surface area contributed by atoms with Crippen molar-refractivity contribution >= 4 is 14.0 Å². The van der Waals surface area contributed by atoms with Crippen molar-refractivity contribution < 1.29 is 9.53 Å². The van der Waals surface area contributed by atoms with Gasteiger partial charge in [0.05, 0.1) is 13.8 Å². The van der Waals surface area contributed by atoms with Crippen LogP contribution in [-0.2, 0) is 9.53 Å². The molecule has 0 aromatic rings. The Kier molecular flexibility index (Phi) is 4.78. The van der Waals surface area contributed by atoms with E-state index in [1.807, 2.05) is 0 Å². The van der Waals surface area contributed by atoms with Crippen molar-refractivity contribution in [2.75, 3.05) is 0 Å². The lowest BCUT2D eigenvalue weighted by Gasteiger charge is -2.37. The first kappa shape index (κ1) is 13.5. The van der Waals surface area contributed by atoms with Crippen LogP contribution in [0, 0.1) is 0 Å². The van der Waals surface area contributed by atoms with Gasteiger partial charge in [0.1, 0.15) is 0 Å². The van der Waals surface area contributed by atoms with E-state index in [0.717, 1.165) is 6.42 Å². The monoisotopic (exact) mass is 240 g/mol. The maximum atomic E-state index is 11.6. The van der Waals surface area contributed by atoms with Gasteiger partial charge in [-0.15, -0.1) is 0 Å². The fraction of sp³-hybridized carbons (Fsp3) is 0.769. The molecule has 0 radical (unpaired) electrons. The lowest BCUT2D eigenvalue weighted by Crippen LogP contribution is -2.48. The molecule has 1 aliphatic heterocycles. The standard InChI is InChI=1S/C13H24O2Si/c1-5-12(15-13(14)11(2)3)16(4)9-7-6-8-10-16/h12H,2,5-10H2,1,3-4H3. The third-order valence-electron chi connectivity index (χ3n) is 3.74. The molecule has 1 atom stereocenters. The van der Waals surface area contributed by atoms with Crippen LogP contribution in [0.1, 0.15) is 39.5 Å². The maximum Gasteiger partial charge on any atom is 0.333 e. The summed E-state index contributed by atoms with van der Waals surface area (Å²) < 4.78 is 5.63. The van der Waals surface area contributed by atoms with Gasteiger partial charge >= 0.3 is 5.97 Å². The molecule has 0 amide bonds. The van der Waals surface area contributed by atoms with E-state index < -0.39 is 8.07 Å². The lowest BCUT2D eigenvalue weighted by molar-refractivity contribution is -0.141. The molecule has 0 spiro atoms. The summed E-state index contributed by atoms with van der Waals surface area (Å²) in [7, 11) is -1.36. The number of ether oxygens (including phenoxy) is 1. The fourth-order valence-corrected chi connectivity index (χ4v) is 7.02. The zero-order valence-electron chi connectivity index (χ0n) is 10.8. The van der Waals surface area contributed by atoms with Crippen molar-refractivity contribution in [1.29, 1.82) is 0 Å². The molecule has 1 saturated heterocycles. The van der Waals surface area contributed by atoms with Crippen LogP contribution in [0.15, 0.2) is 12.2 Å². The number of rotatable bonds is 4. The third-order valence-corrected chi connectivity index (χ3v) is 8.81. The average molecular weight is 240 g/mol. The fourth-order valence-electron chi connectivity index (χ4n) is 2.63. The van der Waals surface area contributed by atoms with E-state index >= 15 is 0 Å². The molecule has 92 valence electrons. The summed E-state index contributed by atoms with van der Waals surface area (Å²) >= 11 is 0. The van der Waals surface area contributed by atoms with E-state index in [-0.39, 0.29) is 11.7 Å². The van der Waals surface area contributed by atoms with Gasteiger partial charge in [-0.3, -0.25) is 0 Å². The highest BCUT2D eigenvalue weighted by Gasteiger charge is 2.39. The first-order valence-electron chi connectivity index (χ1n) is 6.36. The lowest BCUT2D eigenvalue weighted by atomic mass is 10.3. The summed E-state index contributed by atoms with van der Waals surface area (Å²) in [5.41, 5.74) is 0.712. The molecule has 1 fully saturated rings. The highest BCUT2D eigenvalue weighted by Crippen LogP contribution is 2.33. The van der Waals surface area contributed by atoms with Crippen LogP contribution in [0.2, 0.25) is 18.6 Å². The normalized spacial score (nSPS) is 21.2.